The molecular weight excluding hydrogens is 244 g/mol. The number of amidine groups is 1. The minimum Gasteiger partial charge on any atom is -0.332 e. The maximum atomic E-state index is 4.74. The highest BCUT2D eigenvalue weighted by Gasteiger charge is 2.20. The van der Waals surface area contributed by atoms with Gasteiger partial charge in [0, 0.05) is 19.0 Å². The lowest BCUT2D eigenvalue weighted by Gasteiger charge is -2.07. The molecule has 2 rings (SSSR count). The Hall–Kier alpha value is -0.970. The molecule has 0 saturated carbocycles. The minimum atomic E-state index is 0.472. The largest absolute Gasteiger partial charge is 0.332 e. The standard InChI is InChI=1S/C13H22N4S/c1-5-11-12(7-17(4)16-11)15-13-14-10(8-18-13)6-9(2)3/h7,9-10H,5-6,8H2,1-4H3,(H,14,15). The van der Waals surface area contributed by atoms with Crippen LogP contribution in [0.5, 0.6) is 0 Å². The van der Waals surface area contributed by atoms with Crippen molar-refractivity contribution >= 4 is 22.6 Å². The zero-order chi connectivity index (χ0) is 13.1. The Morgan fingerprint density at radius 3 is 3.00 bits per heavy atom. The molecule has 0 radical (unpaired) electrons. The predicted octanol–water partition coefficient (Wildman–Crippen LogP) is 2.91. The fourth-order valence-corrected chi connectivity index (χ4v) is 3.13. The van der Waals surface area contributed by atoms with Gasteiger partial charge in [-0.1, -0.05) is 32.5 Å². The third-order valence-corrected chi connectivity index (χ3v) is 3.97. The van der Waals surface area contributed by atoms with E-state index < -0.39 is 0 Å². The average Bonchev–Trinajstić information content (AvgIpc) is 2.85. The highest BCUT2D eigenvalue weighted by Crippen LogP contribution is 2.25. The van der Waals surface area contributed by atoms with Crippen LogP contribution in [0.15, 0.2) is 11.2 Å². The van der Waals surface area contributed by atoms with Gasteiger partial charge in [0.2, 0.25) is 0 Å². The summed E-state index contributed by atoms with van der Waals surface area (Å²) in [4.78, 5) is 4.74. The third-order valence-electron chi connectivity index (χ3n) is 2.94. The van der Waals surface area contributed by atoms with Gasteiger partial charge in [-0.3, -0.25) is 9.67 Å². The molecule has 5 heteroatoms. The summed E-state index contributed by atoms with van der Waals surface area (Å²) >= 11 is 1.82. The molecule has 1 atom stereocenters. The smallest absolute Gasteiger partial charge is 0.161 e. The number of rotatable bonds is 4. The maximum absolute atomic E-state index is 4.74. The number of aliphatic imine (C=N–C) groups is 1. The molecule has 0 bridgehead atoms. The molecular formula is C13H22N4S. The molecule has 0 spiro atoms. The van der Waals surface area contributed by atoms with Crippen molar-refractivity contribution in [3.8, 4) is 0 Å². The van der Waals surface area contributed by atoms with Crippen molar-refractivity contribution in [3.05, 3.63) is 11.9 Å². The molecule has 0 amide bonds. The second-order valence-corrected chi connectivity index (χ2v) is 6.18. The van der Waals surface area contributed by atoms with Crippen LogP contribution in [-0.4, -0.2) is 26.7 Å². The SMILES string of the molecule is CCc1nn(C)cc1NC1=NC(CC(C)C)CS1. The average molecular weight is 266 g/mol. The Balaban J connectivity index is 2.01. The van der Waals surface area contributed by atoms with E-state index in [1.165, 1.54) is 6.42 Å². The Kier molecular flexibility index (Phi) is 4.32. The maximum Gasteiger partial charge on any atom is 0.161 e. The highest BCUT2D eigenvalue weighted by atomic mass is 32.2. The molecule has 1 aromatic heterocycles. The van der Waals surface area contributed by atoms with Crippen LogP contribution in [0.3, 0.4) is 0 Å². The van der Waals surface area contributed by atoms with Gasteiger partial charge < -0.3 is 5.32 Å². The summed E-state index contributed by atoms with van der Waals surface area (Å²) in [7, 11) is 1.95. The molecule has 1 aliphatic rings. The van der Waals surface area contributed by atoms with Crippen molar-refractivity contribution in [2.24, 2.45) is 18.0 Å². The fraction of sp³-hybridized carbons (Fsp3) is 0.692. The number of aryl methyl sites for hydroxylation is 2. The first-order chi connectivity index (χ1) is 8.58. The van der Waals surface area contributed by atoms with Crippen LogP contribution in [0.2, 0.25) is 0 Å². The first-order valence-electron chi connectivity index (χ1n) is 6.58. The van der Waals surface area contributed by atoms with Crippen molar-refractivity contribution < 1.29 is 0 Å². The van der Waals surface area contributed by atoms with E-state index in [2.05, 4.69) is 31.2 Å². The molecule has 0 saturated heterocycles. The minimum absolute atomic E-state index is 0.472. The zero-order valence-corrected chi connectivity index (χ0v) is 12.4. The Bertz CT molecular complexity index is 436. The predicted molar refractivity (Wildman–Crippen MR) is 79.3 cm³/mol. The van der Waals surface area contributed by atoms with Crippen LogP contribution >= 0.6 is 11.8 Å². The first kappa shape index (κ1) is 13.5. The van der Waals surface area contributed by atoms with Gasteiger partial charge in [-0.2, -0.15) is 5.10 Å². The lowest BCUT2D eigenvalue weighted by Crippen LogP contribution is -2.08. The van der Waals surface area contributed by atoms with Crippen molar-refractivity contribution in [1.82, 2.24) is 9.78 Å². The van der Waals surface area contributed by atoms with Gasteiger partial charge in [0.05, 0.1) is 17.4 Å². The Morgan fingerprint density at radius 2 is 2.33 bits per heavy atom. The molecule has 4 nitrogen and oxygen atoms in total. The van der Waals surface area contributed by atoms with Crippen LogP contribution < -0.4 is 5.32 Å². The molecule has 100 valence electrons. The van der Waals surface area contributed by atoms with Crippen LogP contribution in [0.4, 0.5) is 5.69 Å². The van der Waals surface area contributed by atoms with Crippen molar-refractivity contribution in [3.63, 3.8) is 0 Å². The summed E-state index contributed by atoms with van der Waals surface area (Å²) in [5, 5.41) is 8.89. The lowest BCUT2D eigenvalue weighted by atomic mass is 10.1. The molecule has 2 heterocycles. The van der Waals surface area contributed by atoms with Gasteiger partial charge in [0.1, 0.15) is 0 Å². The van der Waals surface area contributed by atoms with Gasteiger partial charge in [-0.25, -0.2) is 0 Å². The molecule has 18 heavy (non-hydrogen) atoms. The molecule has 0 aromatic carbocycles. The highest BCUT2D eigenvalue weighted by molar-refractivity contribution is 8.14. The summed E-state index contributed by atoms with van der Waals surface area (Å²) < 4.78 is 1.85. The van der Waals surface area contributed by atoms with Crippen molar-refractivity contribution in [2.45, 2.75) is 39.7 Å². The normalized spacial score (nSPS) is 19.4. The number of hydrogen-bond acceptors (Lipinski definition) is 4. The van der Waals surface area contributed by atoms with Crippen LogP contribution in [0.25, 0.3) is 0 Å². The number of nitrogens with one attached hydrogen (secondary N) is 1. The van der Waals surface area contributed by atoms with Gasteiger partial charge in [-0.05, 0) is 18.8 Å². The van der Waals surface area contributed by atoms with E-state index in [-0.39, 0.29) is 0 Å². The summed E-state index contributed by atoms with van der Waals surface area (Å²) in [6.45, 7) is 6.63. The lowest BCUT2D eigenvalue weighted by molar-refractivity contribution is 0.529. The number of anilines is 1. The fourth-order valence-electron chi connectivity index (χ4n) is 2.16. The van der Waals surface area contributed by atoms with Gasteiger partial charge in [0.15, 0.2) is 5.17 Å². The molecule has 1 aromatic rings. The van der Waals surface area contributed by atoms with Gasteiger partial charge in [0.25, 0.3) is 0 Å². The summed E-state index contributed by atoms with van der Waals surface area (Å²) in [5.41, 5.74) is 2.20. The van der Waals surface area contributed by atoms with E-state index in [1.54, 1.807) is 0 Å². The Labute approximate surface area is 113 Å². The van der Waals surface area contributed by atoms with Crippen molar-refractivity contribution in [2.75, 3.05) is 11.1 Å². The number of aromatic nitrogens is 2. The van der Waals surface area contributed by atoms with E-state index in [0.717, 1.165) is 28.7 Å². The van der Waals surface area contributed by atoms with E-state index in [9.17, 15) is 0 Å². The van der Waals surface area contributed by atoms with E-state index in [0.29, 0.717) is 12.0 Å². The molecule has 1 unspecified atom stereocenters. The van der Waals surface area contributed by atoms with Crippen LogP contribution in [0, 0.1) is 5.92 Å². The van der Waals surface area contributed by atoms with Crippen LogP contribution in [-0.2, 0) is 13.5 Å². The second-order valence-electron chi connectivity index (χ2n) is 5.17. The molecule has 1 aliphatic heterocycles. The number of thioether (sulfide) groups is 1. The Morgan fingerprint density at radius 1 is 1.56 bits per heavy atom. The van der Waals surface area contributed by atoms with Crippen LogP contribution in [0.1, 0.15) is 32.9 Å². The monoisotopic (exact) mass is 266 g/mol. The summed E-state index contributed by atoms with van der Waals surface area (Å²) in [6, 6.07) is 0.472. The number of hydrogen-bond donors (Lipinski definition) is 1. The van der Waals surface area contributed by atoms with E-state index >= 15 is 0 Å². The number of nitrogens with zero attached hydrogens (tertiary/aromatic N) is 3. The first-order valence-corrected chi connectivity index (χ1v) is 7.57. The quantitative estimate of drug-likeness (QED) is 0.911. The summed E-state index contributed by atoms with van der Waals surface area (Å²) in [6.07, 6.45) is 4.14. The van der Waals surface area contributed by atoms with Crippen molar-refractivity contribution in [1.29, 1.82) is 0 Å². The topological polar surface area (TPSA) is 42.2 Å². The molecule has 1 N–H and O–H groups in total. The molecule has 0 fully saturated rings. The zero-order valence-electron chi connectivity index (χ0n) is 11.6. The summed E-state index contributed by atoms with van der Waals surface area (Å²) in [5.74, 6) is 1.81. The molecule has 0 aliphatic carbocycles. The second kappa shape index (κ2) is 5.78. The van der Waals surface area contributed by atoms with E-state index in [4.69, 9.17) is 4.99 Å². The van der Waals surface area contributed by atoms with Gasteiger partial charge in [-0.15, -0.1) is 0 Å². The third kappa shape index (κ3) is 3.28. The van der Waals surface area contributed by atoms with E-state index in [1.807, 2.05) is 29.7 Å². The van der Waals surface area contributed by atoms with Gasteiger partial charge >= 0.3 is 0 Å².